The molecule has 3 aromatic carbocycles. The van der Waals surface area contributed by atoms with Crippen molar-refractivity contribution in [2.24, 2.45) is 0 Å². The SMILES string of the molecule is Cc1cc(C)c2nc(N3CCN(C(=O)c4ccc(C(=O)c5ccccc5)cc4)CC3)sc2c1. The molecular formula is C27H25N3O2S. The molecule has 166 valence electrons. The molecular weight excluding hydrogens is 430 g/mol. The van der Waals surface area contributed by atoms with E-state index in [-0.39, 0.29) is 11.7 Å². The molecule has 0 unspecified atom stereocenters. The van der Waals surface area contributed by atoms with Gasteiger partial charge in [0.05, 0.1) is 10.2 Å². The highest BCUT2D eigenvalue weighted by Crippen LogP contribution is 2.32. The Hall–Kier alpha value is -3.51. The van der Waals surface area contributed by atoms with E-state index in [4.69, 9.17) is 4.98 Å². The van der Waals surface area contributed by atoms with Gasteiger partial charge in [0.25, 0.3) is 5.91 Å². The van der Waals surface area contributed by atoms with Crippen molar-refractivity contribution in [2.75, 3.05) is 31.1 Å². The molecule has 5 rings (SSSR count). The molecule has 4 aromatic rings. The second-order valence-corrected chi connectivity index (χ2v) is 9.49. The number of carbonyl (C=O) groups excluding carboxylic acids is 2. The average molecular weight is 456 g/mol. The van der Waals surface area contributed by atoms with E-state index in [1.165, 1.54) is 15.8 Å². The second kappa shape index (κ2) is 8.79. The number of anilines is 1. The molecule has 0 saturated carbocycles. The number of carbonyl (C=O) groups is 2. The topological polar surface area (TPSA) is 53.5 Å². The van der Waals surface area contributed by atoms with Gasteiger partial charge in [-0.15, -0.1) is 0 Å². The van der Waals surface area contributed by atoms with E-state index in [0.717, 1.165) is 23.7 Å². The Labute approximate surface area is 197 Å². The summed E-state index contributed by atoms with van der Waals surface area (Å²) in [5.74, 6) is -0.0337. The van der Waals surface area contributed by atoms with Crippen molar-refractivity contribution < 1.29 is 9.59 Å². The van der Waals surface area contributed by atoms with Crippen LogP contribution in [0.15, 0.2) is 66.7 Å². The minimum absolute atomic E-state index is 0.00382. The summed E-state index contributed by atoms with van der Waals surface area (Å²) in [6.07, 6.45) is 0. The van der Waals surface area contributed by atoms with Crippen LogP contribution in [0, 0.1) is 13.8 Å². The molecule has 0 radical (unpaired) electrons. The summed E-state index contributed by atoms with van der Waals surface area (Å²) in [4.78, 5) is 34.6. The Morgan fingerprint density at radius 2 is 1.45 bits per heavy atom. The fourth-order valence-corrected chi connectivity index (χ4v) is 5.49. The fourth-order valence-electron chi connectivity index (χ4n) is 4.30. The number of piperazine rings is 1. The molecule has 1 amide bonds. The maximum atomic E-state index is 13.0. The highest BCUT2D eigenvalue weighted by atomic mass is 32.1. The van der Waals surface area contributed by atoms with Gasteiger partial charge in [0.1, 0.15) is 0 Å². The Balaban J connectivity index is 1.24. The average Bonchev–Trinajstić information content (AvgIpc) is 3.28. The third-order valence-corrected chi connectivity index (χ3v) is 7.15. The van der Waals surface area contributed by atoms with Gasteiger partial charge in [0, 0.05) is 42.9 Å². The van der Waals surface area contributed by atoms with Crippen molar-refractivity contribution in [3.8, 4) is 0 Å². The lowest BCUT2D eigenvalue weighted by Crippen LogP contribution is -2.48. The Morgan fingerprint density at radius 3 is 2.15 bits per heavy atom. The monoisotopic (exact) mass is 455 g/mol. The molecule has 1 aliphatic rings. The Kier molecular flexibility index (Phi) is 5.68. The number of aromatic nitrogens is 1. The minimum atomic E-state index is -0.0375. The predicted octanol–water partition coefficient (Wildman–Crippen LogP) is 5.11. The van der Waals surface area contributed by atoms with E-state index >= 15 is 0 Å². The van der Waals surface area contributed by atoms with Crippen LogP contribution < -0.4 is 4.90 Å². The van der Waals surface area contributed by atoms with Crippen LogP contribution in [0.1, 0.15) is 37.4 Å². The number of nitrogens with zero attached hydrogens (tertiary/aromatic N) is 3. The van der Waals surface area contributed by atoms with Crippen LogP contribution in [-0.4, -0.2) is 47.8 Å². The van der Waals surface area contributed by atoms with Crippen molar-refractivity contribution >= 4 is 38.4 Å². The summed E-state index contributed by atoms with van der Waals surface area (Å²) in [5, 5.41) is 1.02. The molecule has 1 fully saturated rings. The number of thiazole rings is 1. The first-order valence-electron chi connectivity index (χ1n) is 11.1. The van der Waals surface area contributed by atoms with Crippen LogP contribution >= 0.6 is 11.3 Å². The van der Waals surface area contributed by atoms with Crippen molar-refractivity contribution in [3.63, 3.8) is 0 Å². The van der Waals surface area contributed by atoms with Crippen LogP contribution in [0.4, 0.5) is 5.13 Å². The van der Waals surface area contributed by atoms with Crippen molar-refractivity contribution in [1.82, 2.24) is 9.88 Å². The van der Waals surface area contributed by atoms with Gasteiger partial charge in [-0.25, -0.2) is 4.98 Å². The lowest BCUT2D eigenvalue weighted by Gasteiger charge is -2.34. The zero-order valence-electron chi connectivity index (χ0n) is 18.7. The van der Waals surface area contributed by atoms with E-state index in [9.17, 15) is 9.59 Å². The normalized spacial score (nSPS) is 14.0. The van der Waals surface area contributed by atoms with Gasteiger partial charge in [0.15, 0.2) is 10.9 Å². The van der Waals surface area contributed by atoms with Crippen molar-refractivity contribution in [2.45, 2.75) is 13.8 Å². The first-order valence-corrected chi connectivity index (χ1v) is 11.9. The fraction of sp³-hybridized carbons (Fsp3) is 0.222. The predicted molar refractivity (Wildman–Crippen MR) is 134 cm³/mol. The zero-order valence-corrected chi connectivity index (χ0v) is 19.6. The molecule has 0 spiro atoms. The van der Waals surface area contributed by atoms with Crippen LogP contribution in [0.5, 0.6) is 0 Å². The maximum Gasteiger partial charge on any atom is 0.253 e. The van der Waals surface area contributed by atoms with Gasteiger partial charge in [0.2, 0.25) is 0 Å². The van der Waals surface area contributed by atoms with Crippen molar-refractivity contribution in [3.05, 3.63) is 94.5 Å². The first kappa shape index (κ1) is 21.3. The van der Waals surface area contributed by atoms with Crippen LogP contribution in [0.2, 0.25) is 0 Å². The molecule has 0 aliphatic carbocycles. The van der Waals surface area contributed by atoms with E-state index in [1.807, 2.05) is 23.1 Å². The van der Waals surface area contributed by atoms with Gasteiger partial charge in [-0.1, -0.05) is 59.9 Å². The molecule has 0 bridgehead atoms. The Bertz CT molecular complexity index is 1320. The summed E-state index contributed by atoms with van der Waals surface area (Å²) in [7, 11) is 0. The molecule has 2 heterocycles. The quantitative estimate of drug-likeness (QED) is 0.402. The van der Waals surface area contributed by atoms with E-state index in [2.05, 4.69) is 30.9 Å². The molecule has 0 atom stereocenters. The summed E-state index contributed by atoms with van der Waals surface area (Å²) >= 11 is 1.72. The zero-order chi connectivity index (χ0) is 22.9. The van der Waals surface area contributed by atoms with Crippen LogP contribution in [0.3, 0.4) is 0 Å². The third-order valence-electron chi connectivity index (χ3n) is 6.09. The molecule has 1 saturated heterocycles. The molecule has 6 heteroatoms. The van der Waals surface area contributed by atoms with Crippen LogP contribution in [-0.2, 0) is 0 Å². The van der Waals surface area contributed by atoms with Gasteiger partial charge in [-0.05, 0) is 43.2 Å². The van der Waals surface area contributed by atoms with Crippen LogP contribution in [0.25, 0.3) is 10.2 Å². The standard InChI is InChI=1S/C27H25N3O2S/c1-18-16-19(2)24-23(17-18)33-27(28-24)30-14-12-29(13-15-30)26(32)22-10-8-21(9-11-22)25(31)20-6-4-3-5-7-20/h3-11,16-17H,12-15H2,1-2H3. The number of hydrogen-bond acceptors (Lipinski definition) is 5. The van der Waals surface area contributed by atoms with Gasteiger partial charge in [-0.3, -0.25) is 9.59 Å². The summed E-state index contributed by atoms with van der Waals surface area (Å²) in [5.41, 5.74) is 5.37. The van der Waals surface area contributed by atoms with Crippen molar-refractivity contribution in [1.29, 1.82) is 0 Å². The Morgan fingerprint density at radius 1 is 0.818 bits per heavy atom. The lowest BCUT2D eigenvalue weighted by molar-refractivity contribution is 0.0746. The highest BCUT2D eigenvalue weighted by molar-refractivity contribution is 7.22. The van der Waals surface area contributed by atoms with Gasteiger partial charge >= 0.3 is 0 Å². The lowest BCUT2D eigenvalue weighted by atomic mass is 10.0. The number of ketones is 1. The summed E-state index contributed by atoms with van der Waals surface area (Å²) < 4.78 is 1.21. The third kappa shape index (κ3) is 4.26. The number of aryl methyl sites for hydroxylation is 2. The van der Waals surface area contributed by atoms with E-state index < -0.39 is 0 Å². The number of fused-ring (bicyclic) bond motifs is 1. The van der Waals surface area contributed by atoms with E-state index in [1.54, 1.807) is 47.7 Å². The van der Waals surface area contributed by atoms with Gasteiger partial charge in [-0.2, -0.15) is 0 Å². The van der Waals surface area contributed by atoms with Gasteiger partial charge < -0.3 is 9.80 Å². The second-order valence-electron chi connectivity index (χ2n) is 8.48. The molecule has 5 nitrogen and oxygen atoms in total. The highest BCUT2D eigenvalue weighted by Gasteiger charge is 2.24. The van der Waals surface area contributed by atoms with E-state index in [0.29, 0.717) is 29.8 Å². The minimum Gasteiger partial charge on any atom is -0.345 e. The number of benzene rings is 3. The first-order chi connectivity index (χ1) is 16.0. The summed E-state index contributed by atoms with van der Waals surface area (Å²) in [6, 6.07) is 20.5. The number of hydrogen-bond donors (Lipinski definition) is 0. The molecule has 33 heavy (non-hydrogen) atoms. The largest absolute Gasteiger partial charge is 0.345 e. The summed E-state index contributed by atoms with van der Waals surface area (Å²) in [6.45, 7) is 7.03. The maximum absolute atomic E-state index is 13.0. The number of amides is 1. The molecule has 1 aliphatic heterocycles. The molecule has 1 aromatic heterocycles. The molecule has 0 N–H and O–H groups in total. The smallest absolute Gasteiger partial charge is 0.253 e. The number of rotatable bonds is 4.